The lowest BCUT2D eigenvalue weighted by Gasteiger charge is -2.25. The van der Waals surface area contributed by atoms with Crippen molar-refractivity contribution in [3.63, 3.8) is 0 Å². The number of carbonyl (C=O) groups is 2. The molecule has 8 heteroatoms. The van der Waals surface area contributed by atoms with Crippen LogP contribution < -0.4 is 5.32 Å². The molecule has 6 nitrogen and oxygen atoms in total. The van der Waals surface area contributed by atoms with Gasteiger partial charge in [0.25, 0.3) is 0 Å². The molecule has 1 unspecified atom stereocenters. The zero-order valence-corrected chi connectivity index (χ0v) is 18.9. The van der Waals surface area contributed by atoms with Crippen LogP contribution in [0.3, 0.4) is 0 Å². The van der Waals surface area contributed by atoms with Crippen molar-refractivity contribution in [2.24, 2.45) is 5.92 Å². The maximum absolute atomic E-state index is 12.3. The third kappa shape index (κ3) is 5.29. The summed E-state index contributed by atoms with van der Waals surface area (Å²) in [4.78, 5) is 28.0. The molecule has 1 atom stereocenters. The van der Waals surface area contributed by atoms with Gasteiger partial charge in [0, 0.05) is 28.9 Å². The van der Waals surface area contributed by atoms with Gasteiger partial charge in [0.2, 0.25) is 5.91 Å². The standard InChI is InChI=1S/C22H25N3O3S2/c1-14(2)25(3)22(27)28-13-15-6-8-17-18(12-23)21(30-19(17)11-15)24-20(26)9-7-16-5-4-10-29-16/h4-5,7,9-10,14-15H,6,8,11,13H2,1-3H3,(H,24,26)/b9-7+. The van der Waals surface area contributed by atoms with Gasteiger partial charge in [-0.25, -0.2) is 4.79 Å². The topological polar surface area (TPSA) is 82.4 Å². The van der Waals surface area contributed by atoms with Crippen LogP contribution in [0.15, 0.2) is 23.6 Å². The van der Waals surface area contributed by atoms with Crippen LogP contribution in [0, 0.1) is 17.2 Å². The average molecular weight is 444 g/mol. The number of nitrogens with zero attached hydrogens (tertiary/aromatic N) is 2. The maximum Gasteiger partial charge on any atom is 0.409 e. The number of ether oxygens (including phenoxy) is 1. The van der Waals surface area contributed by atoms with E-state index in [1.165, 1.54) is 17.4 Å². The third-order valence-electron chi connectivity index (χ3n) is 5.16. The highest BCUT2D eigenvalue weighted by atomic mass is 32.1. The fourth-order valence-electron chi connectivity index (χ4n) is 3.20. The summed E-state index contributed by atoms with van der Waals surface area (Å²) in [5.41, 5.74) is 1.57. The number of amides is 2. The van der Waals surface area contributed by atoms with Crippen molar-refractivity contribution in [1.82, 2.24) is 4.90 Å². The van der Waals surface area contributed by atoms with Gasteiger partial charge >= 0.3 is 6.09 Å². The zero-order valence-electron chi connectivity index (χ0n) is 17.3. The first-order valence-corrected chi connectivity index (χ1v) is 11.6. The number of nitrogens with one attached hydrogen (secondary N) is 1. The Labute approximate surface area is 184 Å². The van der Waals surface area contributed by atoms with Crippen LogP contribution in [0.4, 0.5) is 9.80 Å². The predicted molar refractivity (Wildman–Crippen MR) is 121 cm³/mol. The lowest BCUT2D eigenvalue weighted by atomic mass is 9.88. The van der Waals surface area contributed by atoms with Crippen LogP contribution in [0.25, 0.3) is 6.08 Å². The summed E-state index contributed by atoms with van der Waals surface area (Å²) < 4.78 is 5.46. The van der Waals surface area contributed by atoms with E-state index in [2.05, 4.69) is 11.4 Å². The largest absolute Gasteiger partial charge is 0.449 e. The Bertz CT molecular complexity index is 971. The van der Waals surface area contributed by atoms with E-state index in [1.54, 1.807) is 29.4 Å². The van der Waals surface area contributed by atoms with E-state index in [-0.39, 0.29) is 24.0 Å². The molecule has 1 aliphatic rings. The van der Waals surface area contributed by atoms with Gasteiger partial charge < -0.3 is 15.0 Å². The summed E-state index contributed by atoms with van der Waals surface area (Å²) in [6, 6.07) is 6.21. The van der Waals surface area contributed by atoms with Gasteiger partial charge in [0.1, 0.15) is 11.1 Å². The van der Waals surface area contributed by atoms with Crippen molar-refractivity contribution in [2.75, 3.05) is 19.0 Å². The second-order valence-corrected chi connectivity index (χ2v) is 9.63. The summed E-state index contributed by atoms with van der Waals surface area (Å²) in [6.07, 6.45) is 5.27. The van der Waals surface area contributed by atoms with Gasteiger partial charge in [-0.2, -0.15) is 5.26 Å². The molecular weight excluding hydrogens is 418 g/mol. The van der Waals surface area contributed by atoms with Crippen molar-refractivity contribution in [1.29, 1.82) is 5.26 Å². The molecule has 2 aromatic rings. The normalized spacial score (nSPS) is 15.6. The van der Waals surface area contributed by atoms with E-state index in [4.69, 9.17) is 4.74 Å². The van der Waals surface area contributed by atoms with E-state index in [0.717, 1.165) is 34.6 Å². The highest BCUT2D eigenvalue weighted by molar-refractivity contribution is 7.16. The second-order valence-electron chi connectivity index (χ2n) is 7.55. The van der Waals surface area contributed by atoms with Crippen LogP contribution in [0.5, 0.6) is 0 Å². The molecule has 0 bridgehead atoms. The van der Waals surface area contributed by atoms with Crippen LogP contribution >= 0.6 is 22.7 Å². The Morgan fingerprint density at radius 2 is 2.27 bits per heavy atom. The fraction of sp³-hybridized carbons (Fsp3) is 0.409. The highest BCUT2D eigenvalue weighted by Crippen LogP contribution is 2.39. The van der Waals surface area contributed by atoms with E-state index >= 15 is 0 Å². The lowest BCUT2D eigenvalue weighted by Crippen LogP contribution is -2.35. The minimum atomic E-state index is -0.315. The molecule has 0 aliphatic heterocycles. The molecule has 2 aromatic heterocycles. The van der Waals surface area contributed by atoms with Gasteiger partial charge in [-0.3, -0.25) is 4.79 Å². The molecule has 2 amide bonds. The minimum Gasteiger partial charge on any atom is -0.449 e. The number of hydrogen-bond donors (Lipinski definition) is 1. The summed E-state index contributed by atoms with van der Waals surface area (Å²) in [6.45, 7) is 4.24. The van der Waals surface area contributed by atoms with Gasteiger partial charge in [0.15, 0.2) is 0 Å². The maximum atomic E-state index is 12.3. The van der Waals surface area contributed by atoms with Crippen molar-refractivity contribution >= 4 is 45.8 Å². The summed E-state index contributed by atoms with van der Waals surface area (Å²) in [5, 5.41) is 15.0. The van der Waals surface area contributed by atoms with Crippen LogP contribution in [-0.4, -0.2) is 36.6 Å². The smallest absolute Gasteiger partial charge is 0.409 e. The van der Waals surface area contributed by atoms with Crippen LogP contribution in [0.1, 0.15) is 41.1 Å². The molecule has 0 saturated heterocycles. The minimum absolute atomic E-state index is 0.0889. The number of fused-ring (bicyclic) bond motifs is 1. The summed E-state index contributed by atoms with van der Waals surface area (Å²) in [7, 11) is 1.73. The third-order valence-corrected chi connectivity index (χ3v) is 7.17. The van der Waals surface area contributed by atoms with Crippen molar-refractivity contribution in [3.8, 4) is 6.07 Å². The monoisotopic (exact) mass is 443 g/mol. The highest BCUT2D eigenvalue weighted by Gasteiger charge is 2.27. The molecule has 30 heavy (non-hydrogen) atoms. The second kappa shape index (κ2) is 9.92. The molecule has 1 aliphatic carbocycles. The number of anilines is 1. The number of rotatable bonds is 6. The van der Waals surface area contributed by atoms with Crippen molar-refractivity contribution in [3.05, 3.63) is 44.5 Å². The van der Waals surface area contributed by atoms with E-state index in [9.17, 15) is 14.9 Å². The number of thiophene rings is 2. The number of nitriles is 1. The Kier molecular flexibility index (Phi) is 7.29. The fourth-order valence-corrected chi connectivity index (χ4v) is 5.14. The van der Waals surface area contributed by atoms with Crippen molar-refractivity contribution < 1.29 is 14.3 Å². The Balaban J connectivity index is 1.63. The van der Waals surface area contributed by atoms with E-state index in [1.807, 2.05) is 31.4 Å². The average Bonchev–Trinajstić information content (AvgIpc) is 3.36. The lowest BCUT2D eigenvalue weighted by molar-refractivity contribution is -0.111. The molecule has 3 rings (SSSR count). The molecule has 0 spiro atoms. The van der Waals surface area contributed by atoms with E-state index < -0.39 is 0 Å². The van der Waals surface area contributed by atoms with Crippen LogP contribution in [0.2, 0.25) is 0 Å². The Morgan fingerprint density at radius 1 is 1.47 bits per heavy atom. The number of hydrogen-bond acceptors (Lipinski definition) is 6. The molecule has 2 heterocycles. The summed E-state index contributed by atoms with van der Waals surface area (Å²) >= 11 is 3.01. The van der Waals surface area contributed by atoms with Gasteiger partial charge in [0.05, 0.1) is 12.2 Å². The first kappa shape index (κ1) is 22.1. The summed E-state index contributed by atoms with van der Waals surface area (Å²) in [5.74, 6) is -0.0322. The Hall–Kier alpha value is -2.63. The van der Waals surface area contributed by atoms with Gasteiger partial charge in [-0.1, -0.05) is 6.07 Å². The molecule has 0 saturated carbocycles. The SMILES string of the molecule is CC(C)N(C)C(=O)OCC1CCc2c(sc(NC(=O)/C=C/c3cccs3)c2C#N)C1. The molecule has 0 radical (unpaired) electrons. The first-order valence-electron chi connectivity index (χ1n) is 9.85. The predicted octanol–water partition coefficient (Wildman–Crippen LogP) is 4.91. The molecular formula is C22H25N3O3S2. The van der Waals surface area contributed by atoms with Gasteiger partial charge in [-0.05, 0) is 62.1 Å². The number of carbonyl (C=O) groups excluding carboxylic acids is 2. The van der Waals surface area contributed by atoms with Crippen LogP contribution in [-0.2, 0) is 22.4 Å². The Morgan fingerprint density at radius 3 is 2.93 bits per heavy atom. The molecule has 0 fully saturated rings. The van der Waals surface area contributed by atoms with Crippen molar-refractivity contribution in [2.45, 2.75) is 39.2 Å². The molecule has 1 N–H and O–H groups in total. The molecule has 0 aromatic carbocycles. The van der Waals surface area contributed by atoms with Gasteiger partial charge in [-0.15, -0.1) is 22.7 Å². The zero-order chi connectivity index (χ0) is 21.7. The first-order chi connectivity index (χ1) is 14.4. The quantitative estimate of drug-likeness (QED) is 0.643. The van der Waals surface area contributed by atoms with E-state index in [0.29, 0.717) is 17.2 Å². The molecule has 158 valence electrons.